The van der Waals surface area contributed by atoms with E-state index in [1.165, 1.54) is 6.92 Å². The second-order valence-corrected chi connectivity index (χ2v) is 4.28. The largest absolute Gasteiger partial charge is 0.353 e. The van der Waals surface area contributed by atoms with Gasteiger partial charge in [-0.3, -0.25) is 4.79 Å². The Labute approximate surface area is 86.9 Å². The van der Waals surface area contributed by atoms with Crippen molar-refractivity contribution in [2.75, 3.05) is 0 Å². The lowest BCUT2D eigenvalue weighted by Gasteiger charge is -2.35. The monoisotopic (exact) mass is 213 g/mol. The number of carbonyl (C=O) groups excluding carboxylic acids is 1. The van der Waals surface area contributed by atoms with Gasteiger partial charge in [0, 0.05) is 37.3 Å². The van der Waals surface area contributed by atoms with Crippen LogP contribution in [0.4, 0.5) is 8.78 Å². The molecule has 15 heavy (non-hydrogen) atoms. The summed E-state index contributed by atoms with van der Waals surface area (Å²) < 4.78 is 26.9. The summed E-state index contributed by atoms with van der Waals surface area (Å²) in [6, 6.07) is 1.72. The molecular weight excluding hydrogens is 200 g/mol. The Hall–Kier alpha value is -1.19. The Morgan fingerprint density at radius 3 is 2.73 bits per heavy atom. The van der Waals surface area contributed by atoms with Gasteiger partial charge in [0.2, 0.25) is 5.92 Å². The summed E-state index contributed by atoms with van der Waals surface area (Å²) in [6.07, 6.45) is 3.44. The number of halogens is 2. The first-order valence-corrected chi connectivity index (χ1v) is 5.01. The van der Waals surface area contributed by atoms with Crippen LogP contribution in [0.1, 0.15) is 30.1 Å². The minimum absolute atomic E-state index is 0.00712. The van der Waals surface area contributed by atoms with Crippen molar-refractivity contribution in [3.63, 3.8) is 0 Å². The number of hydrogen-bond acceptors (Lipinski definition) is 1. The summed E-state index contributed by atoms with van der Waals surface area (Å²) in [5.74, 6) is -2.40. The molecule has 0 aromatic carbocycles. The quantitative estimate of drug-likeness (QED) is 0.707. The molecule has 1 saturated carbocycles. The molecule has 0 radical (unpaired) electrons. The Morgan fingerprint density at radius 2 is 2.27 bits per heavy atom. The van der Waals surface area contributed by atoms with Gasteiger partial charge in [-0.25, -0.2) is 8.78 Å². The summed E-state index contributed by atoms with van der Waals surface area (Å²) in [6.45, 7) is 2.08. The van der Waals surface area contributed by atoms with Crippen LogP contribution in [-0.4, -0.2) is 16.3 Å². The van der Waals surface area contributed by atoms with Gasteiger partial charge in [-0.15, -0.1) is 0 Å². The van der Waals surface area contributed by atoms with Gasteiger partial charge in [-0.2, -0.15) is 0 Å². The number of aromatic nitrogens is 1. The van der Waals surface area contributed by atoms with Crippen LogP contribution >= 0.6 is 0 Å². The number of carbonyl (C=O) groups is 1. The van der Waals surface area contributed by atoms with Gasteiger partial charge in [-0.1, -0.05) is 0 Å². The van der Waals surface area contributed by atoms with Crippen molar-refractivity contribution in [3.05, 3.63) is 24.0 Å². The molecule has 0 amide bonds. The third kappa shape index (κ3) is 2.25. The number of rotatable bonds is 3. The Balaban J connectivity index is 1.92. The third-order valence-corrected chi connectivity index (χ3v) is 2.80. The summed E-state index contributed by atoms with van der Waals surface area (Å²) >= 11 is 0. The average Bonchev–Trinajstić information content (AvgIpc) is 2.49. The van der Waals surface area contributed by atoms with Gasteiger partial charge in [-0.05, 0) is 18.9 Å². The van der Waals surface area contributed by atoms with Crippen molar-refractivity contribution in [1.29, 1.82) is 0 Å². The lowest BCUT2D eigenvalue weighted by molar-refractivity contribution is -0.114. The minimum atomic E-state index is -2.46. The van der Waals surface area contributed by atoms with E-state index in [0.29, 0.717) is 12.1 Å². The standard InChI is InChI=1S/C11H13F2NO/c1-8(15)10-2-3-14(7-10)6-9-4-11(12,13)5-9/h2-3,7,9H,4-6H2,1H3. The maximum Gasteiger partial charge on any atom is 0.248 e. The molecule has 0 spiro atoms. The second kappa shape index (κ2) is 3.43. The first-order chi connectivity index (χ1) is 6.96. The van der Waals surface area contributed by atoms with E-state index < -0.39 is 5.92 Å². The van der Waals surface area contributed by atoms with E-state index in [1.807, 2.05) is 4.57 Å². The highest BCUT2D eigenvalue weighted by Crippen LogP contribution is 2.43. The van der Waals surface area contributed by atoms with Crippen molar-refractivity contribution < 1.29 is 13.6 Å². The number of alkyl halides is 2. The molecule has 82 valence electrons. The summed E-state index contributed by atoms with van der Waals surface area (Å²) in [5, 5.41) is 0. The second-order valence-electron chi connectivity index (χ2n) is 4.28. The van der Waals surface area contributed by atoms with Gasteiger partial charge >= 0.3 is 0 Å². The average molecular weight is 213 g/mol. The van der Waals surface area contributed by atoms with Crippen LogP contribution in [0.3, 0.4) is 0 Å². The molecular formula is C11H13F2NO. The fourth-order valence-electron chi connectivity index (χ4n) is 1.97. The fraction of sp³-hybridized carbons (Fsp3) is 0.545. The van der Waals surface area contributed by atoms with E-state index in [9.17, 15) is 13.6 Å². The molecule has 2 nitrogen and oxygen atoms in total. The summed E-state index contributed by atoms with van der Waals surface area (Å²) in [5.41, 5.74) is 0.640. The first kappa shape index (κ1) is 10.3. The first-order valence-electron chi connectivity index (χ1n) is 5.01. The molecule has 0 N–H and O–H groups in total. The van der Waals surface area contributed by atoms with E-state index >= 15 is 0 Å². The predicted molar refractivity (Wildman–Crippen MR) is 52.1 cm³/mol. The maximum atomic E-state index is 12.6. The van der Waals surface area contributed by atoms with Gasteiger partial charge in [0.1, 0.15) is 0 Å². The Morgan fingerprint density at radius 1 is 1.60 bits per heavy atom. The van der Waals surface area contributed by atoms with E-state index in [2.05, 4.69) is 0 Å². The van der Waals surface area contributed by atoms with Crippen molar-refractivity contribution >= 4 is 5.78 Å². The van der Waals surface area contributed by atoms with E-state index in [0.717, 1.165) is 0 Å². The lowest BCUT2D eigenvalue weighted by Crippen LogP contribution is -2.37. The molecule has 1 heterocycles. The topological polar surface area (TPSA) is 22.0 Å². The number of hydrogen-bond donors (Lipinski definition) is 0. The zero-order valence-electron chi connectivity index (χ0n) is 8.54. The maximum absolute atomic E-state index is 12.6. The van der Waals surface area contributed by atoms with Gasteiger partial charge in [0.15, 0.2) is 5.78 Å². The minimum Gasteiger partial charge on any atom is -0.353 e. The van der Waals surface area contributed by atoms with Crippen molar-refractivity contribution in [2.24, 2.45) is 5.92 Å². The summed E-state index contributed by atoms with van der Waals surface area (Å²) in [4.78, 5) is 11.0. The van der Waals surface area contributed by atoms with E-state index in [1.54, 1.807) is 18.5 Å². The van der Waals surface area contributed by atoms with Crippen molar-refractivity contribution in [2.45, 2.75) is 32.2 Å². The van der Waals surface area contributed by atoms with Crippen molar-refractivity contribution in [3.8, 4) is 0 Å². The van der Waals surface area contributed by atoms with Crippen LogP contribution in [0, 0.1) is 5.92 Å². The highest BCUT2D eigenvalue weighted by atomic mass is 19.3. The molecule has 0 aliphatic heterocycles. The molecule has 0 atom stereocenters. The molecule has 0 unspecified atom stereocenters. The zero-order chi connectivity index (χ0) is 11.1. The van der Waals surface area contributed by atoms with Gasteiger partial charge < -0.3 is 4.57 Å². The summed E-state index contributed by atoms with van der Waals surface area (Å²) in [7, 11) is 0. The molecule has 0 saturated heterocycles. The van der Waals surface area contributed by atoms with Crippen LogP contribution in [0.15, 0.2) is 18.5 Å². The van der Waals surface area contributed by atoms with Crippen LogP contribution in [-0.2, 0) is 6.54 Å². The van der Waals surface area contributed by atoms with Gasteiger partial charge in [0.25, 0.3) is 0 Å². The molecule has 1 aromatic heterocycles. The molecule has 1 aromatic rings. The van der Waals surface area contributed by atoms with E-state index in [4.69, 9.17) is 0 Å². The number of Topliss-reactive ketones (excluding diaryl/α,β-unsaturated/α-hetero) is 1. The molecule has 0 bridgehead atoms. The van der Waals surface area contributed by atoms with Crippen LogP contribution in [0.2, 0.25) is 0 Å². The van der Waals surface area contributed by atoms with E-state index in [-0.39, 0.29) is 24.5 Å². The molecule has 4 heteroatoms. The smallest absolute Gasteiger partial charge is 0.248 e. The number of nitrogens with zero attached hydrogens (tertiary/aromatic N) is 1. The van der Waals surface area contributed by atoms with Crippen LogP contribution in [0.5, 0.6) is 0 Å². The lowest BCUT2D eigenvalue weighted by atomic mass is 9.81. The molecule has 1 aliphatic carbocycles. The van der Waals surface area contributed by atoms with Crippen LogP contribution in [0.25, 0.3) is 0 Å². The number of ketones is 1. The molecule has 1 aliphatic rings. The predicted octanol–water partition coefficient (Wildman–Crippen LogP) is 2.74. The SMILES string of the molecule is CC(=O)c1ccn(CC2CC(F)(F)C2)c1. The van der Waals surface area contributed by atoms with Gasteiger partial charge in [0.05, 0.1) is 0 Å². The fourth-order valence-corrected chi connectivity index (χ4v) is 1.97. The van der Waals surface area contributed by atoms with Crippen molar-refractivity contribution in [1.82, 2.24) is 4.57 Å². The third-order valence-electron chi connectivity index (χ3n) is 2.80. The zero-order valence-corrected chi connectivity index (χ0v) is 8.54. The van der Waals surface area contributed by atoms with Crippen LogP contribution < -0.4 is 0 Å². The Kier molecular flexibility index (Phi) is 2.37. The highest BCUT2D eigenvalue weighted by molar-refractivity contribution is 5.93. The normalized spacial score (nSPS) is 19.9. The molecule has 2 rings (SSSR count). The molecule has 1 fully saturated rings. The highest BCUT2D eigenvalue weighted by Gasteiger charge is 2.44. The Bertz CT molecular complexity index is 376.